The number of hydrogen-bond acceptors (Lipinski definition) is 2. The van der Waals surface area contributed by atoms with Gasteiger partial charge in [-0.25, -0.2) is 0 Å². The molecule has 0 aromatic carbocycles. The first-order valence-corrected chi connectivity index (χ1v) is 5.92. The van der Waals surface area contributed by atoms with Gasteiger partial charge in [0.1, 0.15) is 0 Å². The van der Waals surface area contributed by atoms with E-state index in [0.717, 1.165) is 24.3 Å². The van der Waals surface area contributed by atoms with Gasteiger partial charge in [0.15, 0.2) is 0 Å². The average Bonchev–Trinajstić information content (AvgIpc) is 2.23. The van der Waals surface area contributed by atoms with E-state index in [9.17, 15) is 5.11 Å². The summed E-state index contributed by atoms with van der Waals surface area (Å²) in [6.45, 7) is 2.11. The van der Waals surface area contributed by atoms with Gasteiger partial charge in [-0.05, 0) is 36.0 Å². The van der Waals surface area contributed by atoms with Crippen molar-refractivity contribution in [1.29, 1.82) is 0 Å². The van der Waals surface area contributed by atoms with Gasteiger partial charge in [0.05, 0.1) is 6.10 Å². The zero-order chi connectivity index (χ0) is 10.7. The Morgan fingerprint density at radius 1 is 1.53 bits per heavy atom. The fraction of sp³-hybridized carbons (Fsp3) is 0.615. The standard InChI is InChI=1S/C13H19NO/c1-2-11-9-14-7-6-12(11)13(15)8-10-4-3-5-10/h6-7,9-10,13,15H,2-5,8H2,1H3. The molecule has 1 fully saturated rings. The van der Waals surface area contributed by atoms with Crippen LogP contribution in [0.3, 0.4) is 0 Å². The van der Waals surface area contributed by atoms with Crippen LogP contribution in [0, 0.1) is 5.92 Å². The summed E-state index contributed by atoms with van der Waals surface area (Å²) in [6.07, 6.45) is 9.18. The third-order valence-corrected chi connectivity index (χ3v) is 3.46. The molecule has 1 atom stereocenters. The Morgan fingerprint density at radius 3 is 2.93 bits per heavy atom. The smallest absolute Gasteiger partial charge is 0.0796 e. The van der Waals surface area contributed by atoms with Crippen LogP contribution in [-0.2, 0) is 6.42 Å². The number of pyridine rings is 1. The van der Waals surface area contributed by atoms with E-state index in [1.807, 2.05) is 12.3 Å². The number of aromatic nitrogens is 1. The summed E-state index contributed by atoms with van der Waals surface area (Å²) >= 11 is 0. The number of aryl methyl sites for hydroxylation is 1. The lowest BCUT2D eigenvalue weighted by Crippen LogP contribution is -2.15. The first-order chi connectivity index (χ1) is 7.31. The first-order valence-electron chi connectivity index (χ1n) is 5.92. The van der Waals surface area contributed by atoms with Gasteiger partial charge in [-0.1, -0.05) is 26.2 Å². The highest BCUT2D eigenvalue weighted by atomic mass is 16.3. The van der Waals surface area contributed by atoms with E-state index >= 15 is 0 Å². The lowest BCUT2D eigenvalue weighted by molar-refractivity contribution is 0.117. The predicted molar refractivity (Wildman–Crippen MR) is 60.5 cm³/mol. The predicted octanol–water partition coefficient (Wildman–Crippen LogP) is 2.87. The minimum absolute atomic E-state index is 0.284. The molecule has 82 valence electrons. The van der Waals surface area contributed by atoms with E-state index in [1.165, 1.54) is 24.8 Å². The fourth-order valence-electron chi connectivity index (χ4n) is 2.23. The Morgan fingerprint density at radius 2 is 2.33 bits per heavy atom. The molecule has 0 saturated heterocycles. The Bertz CT molecular complexity index is 320. The molecule has 0 spiro atoms. The van der Waals surface area contributed by atoms with Gasteiger partial charge in [0.2, 0.25) is 0 Å². The second kappa shape index (κ2) is 4.75. The third-order valence-electron chi connectivity index (χ3n) is 3.46. The van der Waals surface area contributed by atoms with Crippen molar-refractivity contribution in [2.75, 3.05) is 0 Å². The molecule has 1 saturated carbocycles. The summed E-state index contributed by atoms with van der Waals surface area (Å²) in [5, 5.41) is 10.1. The molecule has 0 amide bonds. The minimum Gasteiger partial charge on any atom is -0.388 e. The van der Waals surface area contributed by atoms with Crippen LogP contribution in [0.5, 0.6) is 0 Å². The van der Waals surface area contributed by atoms with Crippen molar-refractivity contribution < 1.29 is 5.11 Å². The number of nitrogens with zero attached hydrogens (tertiary/aromatic N) is 1. The summed E-state index contributed by atoms with van der Waals surface area (Å²) in [5.41, 5.74) is 2.27. The summed E-state index contributed by atoms with van der Waals surface area (Å²) in [7, 11) is 0. The largest absolute Gasteiger partial charge is 0.388 e. The van der Waals surface area contributed by atoms with Crippen molar-refractivity contribution in [3.05, 3.63) is 29.6 Å². The van der Waals surface area contributed by atoms with Crippen molar-refractivity contribution in [1.82, 2.24) is 4.98 Å². The van der Waals surface area contributed by atoms with Gasteiger partial charge < -0.3 is 5.11 Å². The van der Waals surface area contributed by atoms with Crippen LogP contribution in [0.1, 0.15) is 49.8 Å². The molecule has 1 aliphatic rings. The maximum atomic E-state index is 10.1. The molecule has 15 heavy (non-hydrogen) atoms. The highest BCUT2D eigenvalue weighted by molar-refractivity contribution is 5.25. The normalized spacial score (nSPS) is 18.5. The van der Waals surface area contributed by atoms with E-state index in [1.54, 1.807) is 6.20 Å². The molecule has 1 N–H and O–H groups in total. The zero-order valence-electron chi connectivity index (χ0n) is 9.32. The SMILES string of the molecule is CCc1cnccc1C(O)CC1CCC1. The lowest BCUT2D eigenvalue weighted by Gasteiger charge is -2.28. The Labute approximate surface area is 91.4 Å². The van der Waals surface area contributed by atoms with E-state index in [0.29, 0.717) is 0 Å². The quantitative estimate of drug-likeness (QED) is 0.820. The Kier molecular flexibility index (Phi) is 3.37. The highest BCUT2D eigenvalue weighted by Crippen LogP contribution is 2.35. The third kappa shape index (κ3) is 2.37. The maximum Gasteiger partial charge on any atom is 0.0796 e. The van der Waals surface area contributed by atoms with E-state index in [2.05, 4.69) is 11.9 Å². The van der Waals surface area contributed by atoms with Gasteiger partial charge in [-0.3, -0.25) is 4.98 Å². The van der Waals surface area contributed by atoms with Crippen molar-refractivity contribution in [2.24, 2.45) is 5.92 Å². The number of rotatable bonds is 4. The molecule has 1 aliphatic carbocycles. The van der Waals surface area contributed by atoms with Crippen LogP contribution in [-0.4, -0.2) is 10.1 Å². The highest BCUT2D eigenvalue weighted by Gasteiger charge is 2.22. The molecular formula is C13H19NO. The summed E-state index contributed by atoms with van der Waals surface area (Å²) in [6, 6.07) is 1.96. The number of aliphatic hydroxyl groups excluding tert-OH is 1. The maximum absolute atomic E-state index is 10.1. The molecule has 1 unspecified atom stereocenters. The zero-order valence-corrected chi connectivity index (χ0v) is 9.32. The molecule has 2 rings (SSSR count). The van der Waals surface area contributed by atoms with Crippen molar-refractivity contribution in [3.8, 4) is 0 Å². The van der Waals surface area contributed by atoms with Crippen LogP contribution in [0.4, 0.5) is 0 Å². The molecular weight excluding hydrogens is 186 g/mol. The molecule has 1 aromatic rings. The lowest BCUT2D eigenvalue weighted by atomic mass is 9.80. The second-order valence-electron chi connectivity index (χ2n) is 4.48. The molecule has 2 heteroatoms. The van der Waals surface area contributed by atoms with Crippen LogP contribution >= 0.6 is 0 Å². The van der Waals surface area contributed by atoms with Crippen LogP contribution in [0.2, 0.25) is 0 Å². The monoisotopic (exact) mass is 205 g/mol. The van der Waals surface area contributed by atoms with E-state index in [-0.39, 0.29) is 6.10 Å². The molecule has 1 heterocycles. The molecule has 0 aliphatic heterocycles. The van der Waals surface area contributed by atoms with Crippen LogP contribution in [0.25, 0.3) is 0 Å². The first kappa shape index (κ1) is 10.6. The number of aliphatic hydroxyl groups is 1. The van der Waals surface area contributed by atoms with Crippen LogP contribution < -0.4 is 0 Å². The topological polar surface area (TPSA) is 33.1 Å². The second-order valence-corrected chi connectivity index (χ2v) is 4.48. The van der Waals surface area contributed by atoms with Gasteiger partial charge in [-0.2, -0.15) is 0 Å². The van der Waals surface area contributed by atoms with Gasteiger partial charge in [-0.15, -0.1) is 0 Å². The van der Waals surface area contributed by atoms with Gasteiger partial charge >= 0.3 is 0 Å². The van der Waals surface area contributed by atoms with Gasteiger partial charge in [0.25, 0.3) is 0 Å². The minimum atomic E-state index is -0.284. The summed E-state index contributed by atoms with van der Waals surface area (Å²) in [5.74, 6) is 0.748. The molecule has 0 radical (unpaired) electrons. The summed E-state index contributed by atoms with van der Waals surface area (Å²) < 4.78 is 0. The van der Waals surface area contributed by atoms with Crippen LogP contribution in [0.15, 0.2) is 18.5 Å². The van der Waals surface area contributed by atoms with Crippen molar-refractivity contribution >= 4 is 0 Å². The van der Waals surface area contributed by atoms with Crippen molar-refractivity contribution in [2.45, 2.75) is 45.1 Å². The Hall–Kier alpha value is -0.890. The van der Waals surface area contributed by atoms with Crippen molar-refractivity contribution in [3.63, 3.8) is 0 Å². The fourth-order valence-corrected chi connectivity index (χ4v) is 2.23. The van der Waals surface area contributed by atoms with E-state index < -0.39 is 0 Å². The molecule has 2 nitrogen and oxygen atoms in total. The van der Waals surface area contributed by atoms with E-state index in [4.69, 9.17) is 0 Å². The Balaban J connectivity index is 2.05. The molecule has 0 bridgehead atoms. The number of hydrogen-bond donors (Lipinski definition) is 1. The van der Waals surface area contributed by atoms with Gasteiger partial charge in [0, 0.05) is 12.4 Å². The molecule has 1 aromatic heterocycles. The average molecular weight is 205 g/mol. The summed E-state index contributed by atoms with van der Waals surface area (Å²) in [4.78, 5) is 4.10.